The van der Waals surface area contributed by atoms with Crippen LogP contribution in [0.15, 0.2) is 59.5 Å². The van der Waals surface area contributed by atoms with Crippen molar-refractivity contribution in [3.63, 3.8) is 0 Å². The van der Waals surface area contributed by atoms with Crippen LogP contribution in [0.25, 0.3) is 0 Å². The van der Waals surface area contributed by atoms with Crippen molar-refractivity contribution in [1.29, 1.82) is 5.26 Å². The van der Waals surface area contributed by atoms with Crippen molar-refractivity contribution >= 4 is 21.7 Å². The summed E-state index contributed by atoms with van der Waals surface area (Å²) in [5.74, 6) is -0.747. The van der Waals surface area contributed by atoms with Gasteiger partial charge in [-0.1, -0.05) is 37.3 Å². The molecule has 2 saturated heterocycles. The number of ether oxygens (including phenoxy) is 1. The van der Waals surface area contributed by atoms with Gasteiger partial charge in [-0.15, -0.1) is 0 Å². The number of nitro groups is 1. The minimum Gasteiger partial charge on any atom is -0.464 e. The van der Waals surface area contributed by atoms with Crippen LogP contribution in [-0.4, -0.2) is 36.8 Å². The number of fused-ring (bicyclic) bond motifs is 1. The van der Waals surface area contributed by atoms with E-state index in [4.69, 9.17) is 4.74 Å². The summed E-state index contributed by atoms with van der Waals surface area (Å²) >= 11 is 0. The number of carbonyl (C=O) groups excluding carboxylic acids is 1. The quantitative estimate of drug-likeness (QED) is 0.416. The zero-order chi connectivity index (χ0) is 21.7. The fourth-order valence-corrected chi connectivity index (χ4v) is 6.12. The fourth-order valence-electron chi connectivity index (χ4n) is 4.35. The number of cyclic esters (lactones) is 1. The van der Waals surface area contributed by atoms with E-state index in [2.05, 4.69) is 6.07 Å². The molecule has 3 atom stereocenters. The Balaban J connectivity index is 1.89. The smallest absolute Gasteiger partial charge is 0.329 e. The maximum Gasteiger partial charge on any atom is 0.329 e. The molecule has 0 aliphatic carbocycles. The molecule has 0 aromatic heterocycles. The molecule has 0 radical (unpaired) electrons. The van der Waals surface area contributed by atoms with Gasteiger partial charge in [-0.3, -0.25) is 14.9 Å². The molecule has 2 aliphatic heterocycles. The predicted octanol–water partition coefficient (Wildman–Crippen LogP) is 2.41. The number of non-ortho nitro benzene ring substituents is 1. The minimum atomic E-state index is -4.18. The molecule has 2 aromatic rings. The van der Waals surface area contributed by atoms with Crippen LogP contribution in [0.3, 0.4) is 0 Å². The van der Waals surface area contributed by atoms with E-state index < -0.39 is 37.8 Å². The SMILES string of the molecule is C[C@]12COC(=O)[C@@]1(C#N)[C@H](c1ccccc1)N(S(=O)(=O)c1ccc([N+](=O)[O-])cc1)C2. The Bertz CT molecular complexity index is 1180. The zero-order valence-corrected chi connectivity index (χ0v) is 16.7. The lowest BCUT2D eigenvalue weighted by Crippen LogP contribution is -2.41. The molecule has 2 aliphatic rings. The third-order valence-corrected chi connectivity index (χ3v) is 7.77. The van der Waals surface area contributed by atoms with Crippen LogP contribution in [0.5, 0.6) is 0 Å². The Morgan fingerprint density at radius 3 is 2.40 bits per heavy atom. The second-order valence-corrected chi connectivity index (χ2v) is 9.56. The number of nitrogens with zero attached hydrogens (tertiary/aromatic N) is 3. The maximum absolute atomic E-state index is 13.5. The number of hydrogen-bond donors (Lipinski definition) is 0. The molecule has 9 nitrogen and oxygen atoms in total. The van der Waals surface area contributed by atoms with E-state index in [1.807, 2.05) is 0 Å². The lowest BCUT2D eigenvalue weighted by molar-refractivity contribution is -0.384. The van der Waals surface area contributed by atoms with E-state index in [0.29, 0.717) is 5.56 Å². The van der Waals surface area contributed by atoms with Gasteiger partial charge in [-0.05, 0) is 17.7 Å². The molecule has 0 amide bonds. The van der Waals surface area contributed by atoms with Crippen LogP contribution in [-0.2, 0) is 19.6 Å². The van der Waals surface area contributed by atoms with Crippen molar-refractivity contribution in [2.24, 2.45) is 10.8 Å². The van der Waals surface area contributed by atoms with E-state index in [1.165, 1.54) is 0 Å². The highest BCUT2D eigenvalue weighted by molar-refractivity contribution is 7.89. The summed E-state index contributed by atoms with van der Waals surface area (Å²) in [6.07, 6.45) is 0. The predicted molar refractivity (Wildman–Crippen MR) is 103 cm³/mol. The van der Waals surface area contributed by atoms with Crippen LogP contribution in [0.2, 0.25) is 0 Å². The van der Waals surface area contributed by atoms with Gasteiger partial charge in [0, 0.05) is 24.1 Å². The van der Waals surface area contributed by atoms with Crippen molar-refractivity contribution in [3.05, 3.63) is 70.3 Å². The van der Waals surface area contributed by atoms with Crippen molar-refractivity contribution in [2.45, 2.75) is 17.9 Å². The third-order valence-electron chi connectivity index (χ3n) is 5.94. The molecule has 10 heteroatoms. The van der Waals surface area contributed by atoms with Gasteiger partial charge in [0.25, 0.3) is 5.69 Å². The topological polar surface area (TPSA) is 131 Å². The van der Waals surface area contributed by atoms with Crippen LogP contribution in [0.4, 0.5) is 5.69 Å². The van der Waals surface area contributed by atoms with E-state index in [0.717, 1.165) is 28.6 Å². The number of carbonyl (C=O) groups is 1. The van der Waals surface area contributed by atoms with Crippen molar-refractivity contribution < 1.29 is 22.9 Å². The second-order valence-electron chi connectivity index (χ2n) is 7.67. The van der Waals surface area contributed by atoms with E-state index in [1.54, 1.807) is 37.3 Å². The van der Waals surface area contributed by atoms with Gasteiger partial charge >= 0.3 is 5.97 Å². The second kappa shape index (κ2) is 6.62. The average Bonchev–Trinajstić information content (AvgIpc) is 3.16. The van der Waals surface area contributed by atoms with Crippen molar-refractivity contribution in [2.75, 3.05) is 13.2 Å². The number of nitriles is 1. The van der Waals surface area contributed by atoms with E-state index >= 15 is 0 Å². The highest BCUT2D eigenvalue weighted by Crippen LogP contribution is 2.62. The Kier molecular flexibility index (Phi) is 4.41. The summed E-state index contributed by atoms with van der Waals surface area (Å²) in [7, 11) is -4.18. The Morgan fingerprint density at radius 1 is 1.20 bits per heavy atom. The molecule has 4 rings (SSSR count). The first kappa shape index (κ1) is 20.0. The highest BCUT2D eigenvalue weighted by Gasteiger charge is 2.73. The summed E-state index contributed by atoms with van der Waals surface area (Å²) in [6, 6.07) is 14.0. The molecule has 0 bridgehead atoms. The zero-order valence-electron chi connectivity index (χ0n) is 15.9. The van der Waals surface area contributed by atoms with Gasteiger partial charge in [0.15, 0.2) is 5.41 Å². The van der Waals surface area contributed by atoms with Crippen LogP contribution in [0.1, 0.15) is 18.5 Å². The molecule has 2 heterocycles. The number of esters is 1. The van der Waals surface area contributed by atoms with Gasteiger partial charge in [0.2, 0.25) is 10.0 Å². The van der Waals surface area contributed by atoms with Crippen LogP contribution >= 0.6 is 0 Å². The summed E-state index contributed by atoms with van der Waals surface area (Å²) in [6.45, 7) is 1.49. The van der Waals surface area contributed by atoms with Gasteiger partial charge in [0.05, 0.1) is 21.9 Å². The summed E-state index contributed by atoms with van der Waals surface area (Å²) in [5.41, 5.74) is -2.50. The highest BCUT2D eigenvalue weighted by atomic mass is 32.2. The van der Waals surface area contributed by atoms with E-state index in [9.17, 15) is 28.6 Å². The molecule has 30 heavy (non-hydrogen) atoms. The number of benzene rings is 2. The summed E-state index contributed by atoms with van der Waals surface area (Å²) in [4.78, 5) is 22.9. The lowest BCUT2D eigenvalue weighted by Gasteiger charge is -2.31. The standard InChI is InChI=1S/C20H17N3O6S/c1-19-12-22(30(27,28)16-9-7-15(8-10-16)23(25)26)17(14-5-3-2-4-6-14)20(19,11-21)18(24)29-13-19/h2-10,17H,12-13H2,1H3/t17-,19-,20+/m0/s1. The van der Waals surface area contributed by atoms with Crippen LogP contribution in [0, 0.1) is 32.3 Å². The van der Waals surface area contributed by atoms with Crippen molar-refractivity contribution in [3.8, 4) is 6.07 Å². The average molecular weight is 427 g/mol. The number of rotatable bonds is 4. The summed E-state index contributed by atoms with van der Waals surface area (Å²) in [5, 5.41) is 21.0. The molecule has 2 fully saturated rings. The molecular formula is C20H17N3O6S. The molecule has 0 unspecified atom stereocenters. The number of nitro benzene ring substituents is 1. The minimum absolute atomic E-state index is 0.0744. The van der Waals surface area contributed by atoms with Gasteiger partial charge in [0.1, 0.15) is 6.61 Å². The molecular weight excluding hydrogens is 410 g/mol. The molecule has 2 aromatic carbocycles. The van der Waals surface area contributed by atoms with Gasteiger partial charge in [-0.2, -0.15) is 9.57 Å². The molecule has 0 spiro atoms. The number of sulfonamides is 1. The monoisotopic (exact) mass is 427 g/mol. The van der Waals surface area contributed by atoms with Gasteiger partial charge < -0.3 is 4.74 Å². The Hall–Kier alpha value is -3.29. The summed E-state index contributed by atoms with van der Waals surface area (Å²) < 4.78 is 33.4. The number of hydrogen-bond acceptors (Lipinski definition) is 7. The van der Waals surface area contributed by atoms with E-state index in [-0.39, 0.29) is 23.7 Å². The lowest BCUT2D eigenvalue weighted by atomic mass is 9.65. The fraction of sp³-hybridized carbons (Fsp3) is 0.300. The third kappa shape index (κ3) is 2.56. The first-order chi connectivity index (χ1) is 14.2. The first-order valence-corrected chi connectivity index (χ1v) is 10.5. The molecule has 154 valence electrons. The Morgan fingerprint density at radius 2 is 1.83 bits per heavy atom. The Labute approximate surface area is 172 Å². The largest absolute Gasteiger partial charge is 0.464 e. The first-order valence-electron chi connectivity index (χ1n) is 9.07. The maximum atomic E-state index is 13.5. The molecule has 0 saturated carbocycles. The van der Waals surface area contributed by atoms with Crippen LogP contribution < -0.4 is 0 Å². The van der Waals surface area contributed by atoms with Gasteiger partial charge in [-0.25, -0.2) is 8.42 Å². The molecule has 0 N–H and O–H groups in total. The van der Waals surface area contributed by atoms with Crippen molar-refractivity contribution in [1.82, 2.24) is 4.31 Å². The normalized spacial score (nSPS) is 28.5.